The van der Waals surface area contributed by atoms with Crippen LogP contribution in [0, 0.1) is 34.5 Å². The molecule has 4 aliphatic carbocycles. The molecule has 0 spiro atoms. The molecule has 0 radical (unpaired) electrons. The molecule has 3 heterocycles. The van der Waals surface area contributed by atoms with Crippen molar-refractivity contribution < 1.29 is 69.0 Å². The highest BCUT2D eigenvalue weighted by Gasteiger charge is 2.70. The lowest BCUT2D eigenvalue weighted by molar-refractivity contribution is -0.362. The molecule has 0 aromatic heterocycles. The van der Waals surface area contributed by atoms with Crippen LogP contribution in [0.1, 0.15) is 72.1 Å². The van der Waals surface area contributed by atoms with Gasteiger partial charge in [0.05, 0.1) is 30.5 Å². The number of carbonyl (C=O) groups excluding carboxylic acids is 1. The molecule has 0 aromatic rings. The SMILES string of the molecule is CO[C@@H]1[C@@H](O)[C@H](O[C@H]2CC[C@@]3(C)[C@H](CC[C@@H]4[C@@H]3CC[C@]3(C)[C@@H](C5=CC(=O)OC5)[C@@H](O)C[C@]43O)C2)O[C@@H](C)[C@@H]1O[C@@H]1O[C@H](CO)[C@@H](O)[C@H](O)[C@H]1O. The van der Waals surface area contributed by atoms with Crippen LogP contribution < -0.4 is 0 Å². The summed E-state index contributed by atoms with van der Waals surface area (Å²) in [4.78, 5) is 11.9. The first-order valence-electron chi connectivity index (χ1n) is 18.4. The fraction of sp³-hybridized carbons (Fsp3) is 0.917. The maximum atomic E-state index is 12.5. The maximum Gasteiger partial charge on any atom is 0.331 e. The average Bonchev–Trinajstić information content (AvgIpc) is 3.59. The summed E-state index contributed by atoms with van der Waals surface area (Å²) in [6.07, 6.45) is -5.43. The third-order valence-corrected chi connectivity index (χ3v) is 14.4. The van der Waals surface area contributed by atoms with Crippen molar-refractivity contribution in [2.24, 2.45) is 34.5 Å². The van der Waals surface area contributed by atoms with Gasteiger partial charge in [0.2, 0.25) is 0 Å². The van der Waals surface area contributed by atoms with E-state index in [4.69, 9.17) is 28.4 Å². The topological polar surface area (TPSA) is 214 Å². The smallest absolute Gasteiger partial charge is 0.331 e. The first-order chi connectivity index (χ1) is 23.7. The Kier molecular flexibility index (Phi) is 10.0. The Morgan fingerprint density at radius 3 is 2.30 bits per heavy atom. The van der Waals surface area contributed by atoms with Gasteiger partial charge in [-0.3, -0.25) is 0 Å². The number of hydrogen-bond acceptors (Lipinski definition) is 14. The van der Waals surface area contributed by atoms with Crippen molar-refractivity contribution in [2.45, 2.75) is 151 Å². The third-order valence-electron chi connectivity index (χ3n) is 14.4. The highest BCUT2D eigenvalue weighted by molar-refractivity contribution is 5.85. The molecule has 2 saturated heterocycles. The van der Waals surface area contributed by atoms with Crippen LogP contribution in [0.3, 0.4) is 0 Å². The molecule has 0 bridgehead atoms. The average molecular weight is 713 g/mol. The van der Waals surface area contributed by atoms with E-state index < -0.39 is 85.1 Å². The fourth-order valence-corrected chi connectivity index (χ4v) is 11.7. The van der Waals surface area contributed by atoms with Gasteiger partial charge in [-0.25, -0.2) is 4.79 Å². The molecule has 0 aromatic carbocycles. The molecule has 7 N–H and O–H groups in total. The number of methoxy groups -OCH3 is 1. The number of rotatable bonds is 7. The Labute approximate surface area is 292 Å². The number of aliphatic hydroxyl groups excluding tert-OH is 6. The van der Waals surface area contributed by atoms with Crippen molar-refractivity contribution >= 4 is 5.97 Å². The summed E-state index contributed by atoms with van der Waals surface area (Å²) < 4.78 is 35.0. The molecule has 0 amide bonds. The number of ether oxygens (including phenoxy) is 6. The van der Waals surface area contributed by atoms with E-state index in [1.807, 2.05) is 0 Å². The van der Waals surface area contributed by atoms with Gasteiger partial charge < -0.3 is 64.2 Å². The van der Waals surface area contributed by atoms with Crippen LogP contribution in [0.15, 0.2) is 11.6 Å². The van der Waals surface area contributed by atoms with Crippen LogP contribution in [-0.4, -0.2) is 141 Å². The zero-order valence-electron chi connectivity index (χ0n) is 29.4. The molecule has 4 saturated carbocycles. The van der Waals surface area contributed by atoms with Crippen LogP contribution in [0.4, 0.5) is 0 Å². The van der Waals surface area contributed by atoms with Gasteiger partial charge in [-0.15, -0.1) is 0 Å². The summed E-state index contributed by atoms with van der Waals surface area (Å²) in [6.45, 7) is 5.74. The van der Waals surface area contributed by atoms with Crippen molar-refractivity contribution in [3.05, 3.63) is 11.6 Å². The predicted molar refractivity (Wildman–Crippen MR) is 172 cm³/mol. The van der Waals surface area contributed by atoms with E-state index in [1.165, 1.54) is 13.2 Å². The second kappa shape index (κ2) is 13.5. The van der Waals surface area contributed by atoms with Crippen molar-refractivity contribution in [3.63, 3.8) is 0 Å². The molecule has 3 aliphatic heterocycles. The quantitative estimate of drug-likeness (QED) is 0.136. The van der Waals surface area contributed by atoms with E-state index in [1.54, 1.807) is 6.92 Å². The van der Waals surface area contributed by atoms with Crippen molar-refractivity contribution in [1.29, 1.82) is 0 Å². The summed E-state index contributed by atoms with van der Waals surface area (Å²) in [5.74, 6) is -0.0506. The molecule has 7 rings (SSSR count). The number of fused-ring (bicyclic) bond motifs is 5. The van der Waals surface area contributed by atoms with Crippen LogP contribution in [0.5, 0.6) is 0 Å². The van der Waals surface area contributed by atoms with Crippen LogP contribution in [0.25, 0.3) is 0 Å². The molecule has 7 aliphatic rings. The van der Waals surface area contributed by atoms with E-state index in [9.17, 15) is 40.5 Å². The minimum absolute atomic E-state index is 0.0330. The number of cyclic esters (lactones) is 1. The van der Waals surface area contributed by atoms with Crippen molar-refractivity contribution in [1.82, 2.24) is 0 Å². The predicted octanol–water partition coefficient (Wildman–Crippen LogP) is -0.0948. The van der Waals surface area contributed by atoms with E-state index in [0.29, 0.717) is 12.3 Å². The Bertz CT molecular complexity index is 1300. The van der Waals surface area contributed by atoms with Crippen molar-refractivity contribution in [3.8, 4) is 0 Å². The molecular weight excluding hydrogens is 656 g/mol. The second-order valence-corrected chi connectivity index (χ2v) is 16.7. The monoisotopic (exact) mass is 712 g/mol. The molecule has 19 atom stereocenters. The minimum atomic E-state index is -1.61. The molecule has 14 nitrogen and oxygen atoms in total. The minimum Gasteiger partial charge on any atom is -0.458 e. The summed E-state index contributed by atoms with van der Waals surface area (Å²) in [5.41, 5.74) is -0.841. The Hall–Kier alpha value is -1.27. The van der Waals surface area contributed by atoms with E-state index in [-0.39, 0.29) is 41.8 Å². The van der Waals surface area contributed by atoms with Crippen LogP contribution in [0.2, 0.25) is 0 Å². The third kappa shape index (κ3) is 5.72. The summed E-state index contributed by atoms with van der Waals surface area (Å²) >= 11 is 0. The standard InChI is InChI=1S/C36H56O14/c1-16-30(50-32-28(42)27(41)26(40)23(14-37)49-32)31(45-4)29(43)33(47-16)48-19-7-9-34(2)18(12-19)5-6-21-20(34)8-10-35(3)25(17-11-24(39)46-15-17)22(38)13-36(21,35)44/h11,16,18-23,25-33,37-38,40-44H,5-10,12-15H2,1-4H3/t16-,18+,19-,20-,21+,22-,23+,25-,26+,27-,28+,29+,30-,31+,32-,33-,34-,35+,36-/m0/s1. The largest absolute Gasteiger partial charge is 0.458 e. The number of esters is 1. The second-order valence-electron chi connectivity index (χ2n) is 16.7. The molecule has 284 valence electrons. The first-order valence-corrected chi connectivity index (χ1v) is 18.4. The number of hydrogen-bond donors (Lipinski definition) is 7. The highest BCUT2D eigenvalue weighted by Crippen LogP contribution is 2.70. The fourth-order valence-electron chi connectivity index (χ4n) is 11.7. The molecule has 50 heavy (non-hydrogen) atoms. The zero-order valence-corrected chi connectivity index (χ0v) is 29.4. The Morgan fingerprint density at radius 2 is 1.62 bits per heavy atom. The van der Waals surface area contributed by atoms with Crippen LogP contribution >= 0.6 is 0 Å². The lowest BCUT2D eigenvalue weighted by Crippen LogP contribution is -2.64. The van der Waals surface area contributed by atoms with Gasteiger partial charge in [0.25, 0.3) is 0 Å². The van der Waals surface area contributed by atoms with Crippen molar-refractivity contribution in [2.75, 3.05) is 20.3 Å². The number of aliphatic hydroxyl groups is 7. The van der Waals surface area contributed by atoms with Gasteiger partial charge in [0, 0.05) is 30.9 Å². The summed E-state index contributed by atoms with van der Waals surface area (Å²) in [6, 6.07) is 0. The van der Waals surface area contributed by atoms with Crippen LogP contribution in [-0.2, 0) is 33.2 Å². The molecule has 0 unspecified atom stereocenters. The summed E-state index contributed by atoms with van der Waals surface area (Å²) in [7, 11) is 1.42. The normalized spacial score (nSPS) is 55.1. The van der Waals surface area contributed by atoms with Gasteiger partial charge in [0.1, 0.15) is 49.3 Å². The zero-order chi connectivity index (χ0) is 35.9. The van der Waals surface area contributed by atoms with E-state index in [0.717, 1.165) is 50.5 Å². The van der Waals surface area contributed by atoms with E-state index >= 15 is 0 Å². The molecular formula is C36H56O14. The molecule has 6 fully saturated rings. The number of carbonyl (C=O) groups is 1. The van der Waals surface area contributed by atoms with Gasteiger partial charge in [-0.2, -0.15) is 0 Å². The first kappa shape index (κ1) is 37.1. The van der Waals surface area contributed by atoms with Gasteiger partial charge in [0.15, 0.2) is 12.6 Å². The van der Waals surface area contributed by atoms with E-state index in [2.05, 4.69) is 13.8 Å². The molecule has 14 heteroatoms. The highest BCUT2D eigenvalue weighted by atomic mass is 16.7. The maximum absolute atomic E-state index is 12.5. The summed E-state index contributed by atoms with van der Waals surface area (Å²) in [5, 5.41) is 75.7. The van der Waals surface area contributed by atoms with Gasteiger partial charge in [-0.1, -0.05) is 13.8 Å². The van der Waals surface area contributed by atoms with Gasteiger partial charge >= 0.3 is 5.97 Å². The Balaban J connectivity index is 1.000. The Morgan fingerprint density at radius 1 is 0.880 bits per heavy atom. The van der Waals surface area contributed by atoms with Gasteiger partial charge in [-0.05, 0) is 80.6 Å². The lowest BCUT2D eigenvalue weighted by Gasteiger charge is -2.63. The lowest BCUT2D eigenvalue weighted by atomic mass is 9.43.